The molecule has 5 rings (SSSR count). The van der Waals surface area contributed by atoms with E-state index in [9.17, 15) is 14.4 Å². The molecule has 8 heteroatoms. The Hall–Kier alpha value is -4.15. The van der Waals surface area contributed by atoms with Gasteiger partial charge in [0.15, 0.2) is 11.6 Å². The number of hydrogen-bond acceptors (Lipinski definition) is 4. The summed E-state index contributed by atoms with van der Waals surface area (Å²) in [4.78, 5) is 14.9. The fraction of sp³-hybridized carbons (Fsp3) is 0.115. The second-order valence-corrected chi connectivity index (χ2v) is 8.40. The zero-order valence-corrected chi connectivity index (χ0v) is 18.9. The van der Waals surface area contributed by atoms with E-state index in [4.69, 9.17) is 16.3 Å². The smallest absolute Gasteiger partial charge is 0.258 e. The maximum atomic E-state index is 14.3. The van der Waals surface area contributed by atoms with Gasteiger partial charge in [0.25, 0.3) is 5.91 Å². The van der Waals surface area contributed by atoms with Gasteiger partial charge in [0.1, 0.15) is 11.8 Å². The van der Waals surface area contributed by atoms with Crippen molar-refractivity contribution < 1.29 is 13.9 Å². The first kappa shape index (κ1) is 21.7. The Bertz CT molecular complexity index is 1470. The number of para-hydroxylation sites is 1. The van der Waals surface area contributed by atoms with Gasteiger partial charge in [0.05, 0.1) is 17.3 Å². The molecule has 6 nitrogen and oxygen atoms in total. The van der Waals surface area contributed by atoms with Crippen LogP contribution in [0.25, 0.3) is 11.1 Å². The van der Waals surface area contributed by atoms with Gasteiger partial charge in [-0.3, -0.25) is 9.48 Å². The molecule has 0 atom stereocenters. The molecule has 0 N–H and O–H groups in total. The molecule has 4 aromatic rings. The number of carbonyl (C=O) groups is 1. The summed E-state index contributed by atoms with van der Waals surface area (Å²) in [5.74, 6) is -0.893. The van der Waals surface area contributed by atoms with Crippen LogP contribution in [-0.4, -0.2) is 20.6 Å². The summed E-state index contributed by atoms with van der Waals surface area (Å²) in [7, 11) is 1.85. The molecular formula is C26H18ClFN4O2. The predicted molar refractivity (Wildman–Crippen MR) is 125 cm³/mol. The minimum atomic E-state index is -0.667. The zero-order valence-electron chi connectivity index (χ0n) is 18.1. The first-order chi connectivity index (χ1) is 16.4. The highest BCUT2D eigenvalue weighted by atomic mass is 35.5. The quantitative estimate of drug-likeness (QED) is 0.373. The van der Waals surface area contributed by atoms with Gasteiger partial charge in [0, 0.05) is 36.9 Å². The van der Waals surface area contributed by atoms with Crippen LogP contribution < -0.4 is 4.74 Å². The van der Waals surface area contributed by atoms with E-state index in [1.54, 1.807) is 27.9 Å². The standard InChI is InChI=1S/C26H18ClFN4O2/c1-31-13-20(12-30-31)16-8-9-18(21(27)10-16)14-32-15-19-5-3-7-23(24(19)26(32)33)34-25-17(11-29)4-2-6-22(25)28/h2-10,12-13H,14-15H2,1H3. The van der Waals surface area contributed by atoms with Gasteiger partial charge in [-0.2, -0.15) is 10.4 Å². The third-order valence-electron chi connectivity index (χ3n) is 5.73. The Morgan fingerprint density at radius 1 is 1.18 bits per heavy atom. The van der Waals surface area contributed by atoms with Crippen molar-refractivity contribution in [2.75, 3.05) is 0 Å². The molecule has 34 heavy (non-hydrogen) atoms. The van der Waals surface area contributed by atoms with Crippen LogP contribution in [0.2, 0.25) is 5.02 Å². The van der Waals surface area contributed by atoms with Crippen molar-refractivity contribution in [1.29, 1.82) is 5.26 Å². The number of halogens is 2. The van der Waals surface area contributed by atoms with Crippen LogP contribution in [0.1, 0.15) is 27.0 Å². The molecule has 1 aliphatic heterocycles. The largest absolute Gasteiger partial charge is 0.452 e. The van der Waals surface area contributed by atoms with Gasteiger partial charge in [-0.1, -0.05) is 41.9 Å². The zero-order chi connectivity index (χ0) is 23.8. The number of nitriles is 1. The van der Waals surface area contributed by atoms with Crippen LogP contribution in [-0.2, 0) is 20.1 Å². The number of fused-ring (bicyclic) bond motifs is 1. The summed E-state index contributed by atoms with van der Waals surface area (Å²) in [5.41, 5.74) is 3.87. The summed E-state index contributed by atoms with van der Waals surface area (Å²) in [6.07, 6.45) is 3.67. The van der Waals surface area contributed by atoms with Crippen molar-refractivity contribution >= 4 is 17.5 Å². The number of nitrogens with zero attached hydrogens (tertiary/aromatic N) is 4. The Morgan fingerprint density at radius 3 is 2.74 bits per heavy atom. The summed E-state index contributed by atoms with van der Waals surface area (Å²) >= 11 is 6.55. The molecule has 3 aromatic carbocycles. The van der Waals surface area contributed by atoms with Crippen LogP contribution in [0, 0.1) is 17.1 Å². The molecule has 0 fully saturated rings. The average molecular weight is 473 g/mol. The van der Waals surface area contributed by atoms with Gasteiger partial charge in [-0.05, 0) is 41.0 Å². The van der Waals surface area contributed by atoms with Crippen LogP contribution >= 0.6 is 11.6 Å². The number of aromatic nitrogens is 2. The number of benzene rings is 3. The fourth-order valence-electron chi connectivity index (χ4n) is 4.04. The van der Waals surface area contributed by atoms with Gasteiger partial charge < -0.3 is 9.64 Å². The van der Waals surface area contributed by atoms with Crippen molar-refractivity contribution in [3.8, 4) is 28.7 Å². The van der Waals surface area contributed by atoms with Gasteiger partial charge in [0.2, 0.25) is 0 Å². The van der Waals surface area contributed by atoms with Gasteiger partial charge in [-0.15, -0.1) is 0 Å². The average Bonchev–Trinajstić information content (AvgIpc) is 3.40. The molecule has 0 unspecified atom stereocenters. The molecular weight excluding hydrogens is 455 g/mol. The molecule has 0 saturated heterocycles. The number of rotatable bonds is 5. The lowest BCUT2D eigenvalue weighted by molar-refractivity contribution is 0.0765. The van der Waals surface area contributed by atoms with E-state index < -0.39 is 5.82 Å². The summed E-state index contributed by atoms with van der Waals surface area (Å²) < 4.78 is 21.8. The normalized spacial score (nSPS) is 12.5. The lowest BCUT2D eigenvalue weighted by Crippen LogP contribution is -2.23. The second-order valence-electron chi connectivity index (χ2n) is 7.99. The van der Waals surface area contributed by atoms with Crippen molar-refractivity contribution in [3.63, 3.8) is 0 Å². The van der Waals surface area contributed by atoms with E-state index >= 15 is 0 Å². The number of aryl methyl sites for hydroxylation is 1. The molecule has 0 bridgehead atoms. The van der Waals surface area contributed by atoms with Gasteiger partial charge in [-0.25, -0.2) is 4.39 Å². The molecule has 1 aromatic heterocycles. The lowest BCUT2D eigenvalue weighted by Gasteiger charge is -2.17. The van der Waals surface area contributed by atoms with Crippen molar-refractivity contribution in [2.45, 2.75) is 13.1 Å². The van der Waals surface area contributed by atoms with E-state index in [0.29, 0.717) is 23.7 Å². The van der Waals surface area contributed by atoms with E-state index in [1.807, 2.05) is 43.6 Å². The van der Waals surface area contributed by atoms with Crippen molar-refractivity contribution in [1.82, 2.24) is 14.7 Å². The van der Waals surface area contributed by atoms with E-state index in [2.05, 4.69) is 5.10 Å². The van der Waals surface area contributed by atoms with E-state index in [-0.39, 0.29) is 23.0 Å². The monoisotopic (exact) mass is 472 g/mol. The van der Waals surface area contributed by atoms with Crippen LogP contribution in [0.5, 0.6) is 11.5 Å². The Balaban J connectivity index is 1.40. The van der Waals surface area contributed by atoms with E-state index in [0.717, 1.165) is 22.3 Å². The molecule has 0 radical (unpaired) electrons. The minimum absolute atomic E-state index is 0.0559. The highest BCUT2D eigenvalue weighted by Gasteiger charge is 2.31. The Labute approximate surface area is 200 Å². The third kappa shape index (κ3) is 3.89. The van der Waals surface area contributed by atoms with Gasteiger partial charge >= 0.3 is 0 Å². The maximum absolute atomic E-state index is 14.3. The van der Waals surface area contributed by atoms with Crippen molar-refractivity contribution in [2.24, 2.45) is 7.05 Å². The van der Waals surface area contributed by atoms with Crippen molar-refractivity contribution in [3.05, 3.63) is 100 Å². The van der Waals surface area contributed by atoms with Crippen LogP contribution in [0.3, 0.4) is 0 Å². The fourth-order valence-corrected chi connectivity index (χ4v) is 4.28. The molecule has 0 aliphatic carbocycles. The van der Waals surface area contributed by atoms with Crippen LogP contribution in [0.15, 0.2) is 67.0 Å². The second kappa shape index (κ2) is 8.65. The summed E-state index contributed by atoms with van der Waals surface area (Å²) in [5, 5.41) is 14.0. The molecule has 0 saturated carbocycles. The molecule has 1 aliphatic rings. The first-order valence-electron chi connectivity index (χ1n) is 10.5. The number of hydrogen-bond donors (Lipinski definition) is 0. The summed E-state index contributed by atoms with van der Waals surface area (Å²) in [6.45, 7) is 0.677. The first-order valence-corrected chi connectivity index (χ1v) is 10.9. The minimum Gasteiger partial charge on any atom is -0.452 e. The topological polar surface area (TPSA) is 71.2 Å². The Morgan fingerprint density at radius 2 is 2.00 bits per heavy atom. The van der Waals surface area contributed by atoms with Crippen LogP contribution in [0.4, 0.5) is 4.39 Å². The lowest BCUT2D eigenvalue weighted by atomic mass is 10.1. The molecule has 1 amide bonds. The maximum Gasteiger partial charge on any atom is 0.258 e. The number of amides is 1. The highest BCUT2D eigenvalue weighted by Crippen LogP contribution is 2.37. The number of ether oxygens (including phenoxy) is 1. The summed E-state index contributed by atoms with van der Waals surface area (Å²) in [6, 6.07) is 16.9. The predicted octanol–water partition coefficient (Wildman–Crippen LogP) is 5.70. The molecule has 168 valence electrons. The highest BCUT2D eigenvalue weighted by molar-refractivity contribution is 6.31. The van der Waals surface area contributed by atoms with E-state index in [1.165, 1.54) is 18.2 Å². The molecule has 0 spiro atoms. The Kier molecular flexibility index (Phi) is 5.52. The molecule has 2 heterocycles. The SMILES string of the molecule is Cn1cc(-c2ccc(CN3Cc4cccc(Oc5c(F)cccc5C#N)c4C3=O)c(Cl)c2)cn1. The third-order valence-corrected chi connectivity index (χ3v) is 6.08. The number of carbonyl (C=O) groups excluding carboxylic acids is 1.